The molecule has 1 aromatic rings. The van der Waals surface area contributed by atoms with Gasteiger partial charge in [-0.2, -0.15) is 0 Å². The highest BCUT2D eigenvalue weighted by Crippen LogP contribution is 2.38. The number of benzene rings is 1. The van der Waals surface area contributed by atoms with E-state index in [1.807, 2.05) is 48.5 Å². The van der Waals surface area contributed by atoms with Gasteiger partial charge in [-0.15, -0.1) is 0 Å². The molecular weight excluding hydrogens is 397 g/mol. The number of carbonyl (C=O) groups is 2. The van der Waals surface area contributed by atoms with Crippen molar-refractivity contribution in [1.29, 1.82) is 0 Å². The average Bonchev–Trinajstić information content (AvgIpc) is 2.81. The summed E-state index contributed by atoms with van der Waals surface area (Å²) >= 11 is 0. The van der Waals surface area contributed by atoms with E-state index in [-0.39, 0.29) is 12.4 Å². The standard InChI is InChI=1S/C23H36BNO6/c1-13-16(12-17(26)28-11)14(2)19(25-20(27)29-21(4,5)6)15(3)18(13)24-30-22(7,8)23(9,10)31-24/h12H2,1-11H3,(H,25,27). The van der Waals surface area contributed by atoms with Crippen LogP contribution in [0.5, 0.6) is 0 Å². The summed E-state index contributed by atoms with van der Waals surface area (Å²) < 4.78 is 22.9. The Labute approximate surface area is 186 Å². The number of ether oxygens (including phenoxy) is 2. The Morgan fingerprint density at radius 2 is 1.48 bits per heavy atom. The zero-order valence-electron chi connectivity index (χ0n) is 20.7. The van der Waals surface area contributed by atoms with Crippen LogP contribution < -0.4 is 10.8 Å². The number of hydrogen-bond donors (Lipinski definition) is 1. The number of rotatable bonds is 4. The molecule has 0 bridgehead atoms. The second-order valence-electron chi connectivity index (χ2n) is 10.1. The number of hydrogen-bond acceptors (Lipinski definition) is 6. The molecule has 8 heteroatoms. The van der Waals surface area contributed by atoms with Crippen LogP contribution in [-0.2, 0) is 30.0 Å². The van der Waals surface area contributed by atoms with Gasteiger partial charge in [0.1, 0.15) is 5.60 Å². The van der Waals surface area contributed by atoms with E-state index in [2.05, 4.69) is 5.32 Å². The highest BCUT2D eigenvalue weighted by Gasteiger charge is 2.52. The van der Waals surface area contributed by atoms with Crippen molar-refractivity contribution in [2.24, 2.45) is 0 Å². The van der Waals surface area contributed by atoms with E-state index in [0.29, 0.717) is 5.69 Å². The summed E-state index contributed by atoms with van der Waals surface area (Å²) in [5.74, 6) is -0.363. The van der Waals surface area contributed by atoms with E-state index >= 15 is 0 Å². The predicted octanol–water partition coefficient (Wildman–Crippen LogP) is 3.97. The molecule has 0 aromatic heterocycles. The number of methoxy groups -OCH3 is 1. The van der Waals surface area contributed by atoms with Gasteiger partial charge < -0.3 is 18.8 Å². The Kier molecular flexibility index (Phi) is 6.89. The van der Waals surface area contributed by atoms with Crippen LogP contribution in [0.4, 0.5) is 10.5 Å². The van der Waals surface area contributed by atoms with Crippen molar-refractivity contribution in [2.45, 2.75) is 92.5 Å². The molecule has 1 aliphatic heterocycles. The minimum absolute atomic E-state index is 0.0734. The number of anilines is 1. The molecule has 2 rings (SSSR count). The zero-order valence-corrected chi connectivity index (χ0v) is 20.7. The number of carbonyl (C=O) groups excluding carboxylic acids is 2. The lowest BCUT2D eigenvalue weighted by Gasteiger charge is -2.32. The van der Waals surface area contributed by atoms with Crippen LogP contribution in [0.25, 0.3) is 0 Å². The van der Waals surface area contributed by atoms with Gasteiger partial charge in [-0.1, -0.05) is 0 Å². The molecule has 0 unspecified atom stereocenters. The Balaban J connectivity index is 2.63. The normalized spacial score (nSPS) is 17.5. The predicted molar refractivity (Wildman–Crippen MR) is 122 cm³/mol. The second-order valence-corrected chi connectivity index (χ2v) is 10.1. The maximum Gasteiger partial charge on any atom is 0.495 e. The summed E-state index contributed by atoms with van der Waals surface area (Å²) in [6.45, 7) is 19.1. The molecule has 0 spiro atoms. The largest absolute Gasteiger partial charge is 0.495 e. The molecule has 1 saturated heterocycles. The fraction of sp³-hybridized carbons (Fsp3) is 0.652. The number of esters is 1. The molecule has 1 aromatic carbocycles. The molecule has 7 nitrogen and oxygen atoms in total. The molecule has 1 heterocycles. The summed E-state index contributed by atoms with van der Waals surface area (Å²) in [5.41, 5.74) is 2.95. The summed E-state index contributed by atoms with van der Waals surface area (Å²) in [5, 5.41) is 2.87. The summed E-state index contributed by atoms with van der Waals surface area (Å²) in [7, 11) is 0.720. The average molecular weight is 433 g/mol. The first-order valence-corrected chi connectivity index (χ1v) is 10.6. The van der Waals surface area contributed by atoms with Crippen LogP contribution in [0.3, 0.4) is 0 Å². The molecule has 172 valence electrons. The fourth-order valence-corrected chi connectivity index (χ4v) is 3.68. The third-order valence-corrected chi connectivity index (χ3v) is 6.13. The van der Waals surface area contributed by atoms with Gasteiger partial charge in [-0.3, -0.25) is 10.1 Å². The first-order valence-electron chi connectivity index (χ1n) is 10.6. The van der Waals surface area contributed by atoms with Crippen molar-refractivity contribution in [3.05, 3.63) is 22.3 Å². The molecule has 31 heavy (non-hydrogen) atoms. The minimum atomic E-state index is -0.639. The van der Waals surface area contributed by atoms with Crippen LogP contribution >= 0.6 is 0 Å². The van der Waals surface area contributed by atoms with Gasteiger partial charge in [0.25, 0.3) is 0 Å². The minimum Gasteiger partial charge on any atom is -0.469 e. The Hall–Kier alpha value is -2.06. The summed E-state index contributed by atoms with van der Waals surface area (Å²) in [6, 6.07) is 0. The van der Waals surface area contributed by atoms with E-state index < -0.39 is 30.0 Å². The van der Waals surface area contributed by atoms with Crippen molar-refractivity contribution in [3.8, 4) is 0 Å². The van der Waals surface area contributed by atoms with Gasteiger partial charge in [-0.25, -0.2) is 4.79 Å². The van der Waals surface area contributed by atoms with Gasteiger partial charge in [-0.05, 0) is 97.0 Å². The van der Waals surface area contributed by atoms with Crippen molar-refractivity contribution >= 4 is 30.3 Å². The highest BCUT2D eigenvalue weighted by molar-refractivity contribution is 6.63. The lowest BCUT2D eigenvalue weighted by atomic mass is 9.70. The molecule has 0 atom stereocenters. The van der Waals surface area contributed by atoms with Gasteiger partial charge >= 0.3 is 19.2 Å². The lowest BCUT2D eigenvalue weighted by Crippen LogP contribution is -2.41. The van der Waals surface area contributed by atoms with E-state index in [1.54, 1.807) is 20.8 Å². The molecule has 0 radical (unpaired) electrons. The van der Waals surface area contributed by atoms with Gasteiger partial charge in [0, 0.05) is 5.69 Å². The molecule has 1 amide bonds. The molecule has 1 aliphatic rings. The first kappa shape index (κ1) is 25.2. The van der Waals surface area contributed by atoms with E-state index in [4.69, 9.17) is 18.8 Å². The molecular formula is C23H36BNO6. The fourth-order valence-electron chi connectivity index (χ4n) is 3.68. The molecule has 1 fully saturated rings. The SMILES string of the molecule is COC(=O)Cc1c(C)c(NC(=O)OC(C)(C)C)c(C)c(B2OC(C)(C)C(C)(C)O2)c1C. The number of nitrogens with one attached hydrogen (secondary N) is 1. The maximum atomic E-state index is 12.6. The molecule has 0 saturated carbocycles. The highest BCUT2D eigenvalue weighted by atomic mass is 16.7. The van der Waals surface area contributed by atoms with E-state index in [1.165, 1.54) is 7.11 Å². The van der Waals surface area contributed by atoms with Crippen molar-refractivity contribution in [3.63, 3.8) is 0 Å². The van der Waals surface area contributed by atoms with Gasteiger partial charge in [0.2, 0.25) is 0 Å². The van der Waals surface area contributed by atoms with Crippen molar-refractivity contribution in [2.75, 3.05) is 12.4 Å². The van der Waals surface area contributed by atoms with Crippen LogP contribution in [0.2, 0.25) is 0 Å². The Morgan fingerprint density at radius 1 is 0.968 bits per heavy atom. The number of amides is 1. The monoisotopic (exact) mass is 433 g/mol. The quantitative estimate of drug-likeness (QED) is 0.572. The topological polar surface area (TPSA) is 83.1 Å². The van der Waals surface area contributed by atoms with Crippen LogP contribution in [-0.4, -0.2) is 43.1 Å². The lowest BCUT2D eigenvalue weighted by molar-refractivity contribution is -0.139. The first-order chi connectivity index (χ1) is 14.0. The van der Waals surface area contributed by atoms with Crippen LogP contribution in [0, 0.1) is 20.8 Å². The Bertz CT molecular complexity index is 869. The summed E-state index contributed by atoms with van der Waals surface area (Å²) in [4.78, 5) is 24.7. The maximum absolute atomic E-state index is 12.6. The van der Waals surface area contributed by atoms with E-state index in [9.17, 15) is 9.59 Å². The molecule has 0 aliphatic carbocycles. The van der Waals surface area contributed by atoms with Gasteiger partial charge in [0.15, 0.2) is 0 Å². The molecule has 1 N–H and O–H groups in total. The Morgan fingerprint density at radius 3 is 1.94 bits per heavy atom. The second kappa shape index (κ2) is 8.47. The zero-order chi connectivity index (χ0) is 23.9. The smallest absolute Gasteiger partial charge is 0.469 e. The van der Waals surface area contributed by atoms with Crippen molar-refractivity contribution in [1.82, 2.24) is 0 Å². The van der Waals surface area contributed by atoms with Crippen molar-refractivity contribution < 1.29 is 28.4 Å². The van der Waals surface area contributed by atoms with Crippen LogP contribution in [0.15, 0.2) is 0 Å². The van der Waals surface area contributed by atoms with Gasteiger partial charge in [0.05, 0.1) is 24.7 Å². The van der Waals surface area contributed by atoms with E-state index in [0.717, 1.165) is 27.7 Å². The third kappa shape index (κ3) is 5.23. The summed E-state index contributed by atoms with van der Waals surface area (Å²) in [6.07, 6.45) is -0.490. The third-order valence-electron chi connectivity index (χ3n) is 6.13. The van der Waals surface area contributed by atoms with Crippen LogP contribution in [0.1, 0.15) is 70.7 Å².